The Balaban J connectivity index is 1.61. The molecule has 2 atom stereocenters. The van der Waals surface area contributed by atoms with Crippen LogP contribution in [0.5, 0.6) is 11.5 Å². The fourth-order valence-corrected chi connectivity index (χ4v) is 4.12. The highest BCUT2D eigenvalue weighted by atomic mass is 16.5. The quantitative estimate of drug-likeness (QED) is 0.658. The molecule has 2 aliphatic heterocycles. The van der Waals surface area contributed by atoms with Crippen LogP contribution in [0.15, 0.2) is 42.5 Å². The van der Waals surface area contributed by atoms with Crippen molar-refractivity contribution in [2.75, 3.05) is 38.7 Å². The summed E-state index contributed by atoms with van der Waals surface area (Å²) in [4.78, 5) is 26.9. The minimum Gasteiger partial charge on any atom is -0.493 e. The lowest BCUT2D eigenvalue weighted by atomic mass is 10.0. The normalized spacial score (nSPS) is 19.8. The molecule has 2 N–H and O–H groups in total. The third kappa shape index (κ3) is 4.65. The van der Waals surface area contributed by atoms with Gasteiger partial charge in [-0.3, -0.25) is 9.59 Å². The van der Waals surface area contributed by atoms with Crippen LogP contribution in [-0.4, -0.2) is 56.2 Å². The molecule has 2 heterocycles. The van der Waals surface area contributed by atoms with Gasteiger partial charge in [-0.25, -0.2) is 0 Å². The number of para-hydroxylation sites is 1. The molecule has 2 aromatic carbocycles. The van der Waals surface area contributed by atoms with Gasteiger partial charge in [0.05, 0.1) is 18.8 Å². The van der Waals surface area contributed by atoms with Crippen molar-refractivity contribution in [2.24, 2.45) is 0 Å². The topological polar surface area (TPSA) is 89.1 Å². The summed E-state index contributed by atoms with van der Waals surface area (Å²) in [7, 11) is 1.55. The van der Waals surface area contributed by atoms with E-state index in [2.05, 4.69) is 10.6 Å². The smallest absolute Gasteiger partial charge is 0.257 e. The minimum atomic E-state index is -0.382. The van der Waals surface area contributed by atoms with Crippen molar-refractivity contribution in [3.05, 3.63) is 53.6 Å². The Kier molecular flexibility index (Phi) is 6.80. The van der Waals surface area contributed by atoms with Crippen molar-refractivity contribution < 1.29 is 23.8 Å². The van der Waals surface area contributed by atoms with E-state index in [0.29, 0.717) is 30.2 Å². The number of nitrogens with zero attached hydrogens (tertiary/aromatic N) is 1. The number of anilines is 1. The maximum Gasteiger partial charge on any atom is 0.257 e. The molecule has 1 saturated heterocycles. The van der Waals surface area contributed by atoms with Gasteiger partial charge in [0.1, 0.15) is 6.17 Å². The van der Waals surface area contributed by atoms with Crippen molar-refractivity contribution in [2.45, 2.75) is 32.0 Å². The average Bonchev–Trinajstić information content (AvgIpc) is 3.33. The molecule has 2 aromatic rings. The van der Waals surface area contributed by atoms with Crippen LogP contribution in [0, 0.1) is 0 Å². The zero-order valence-corrected chi connectivity index (χ0v) is 18.4. The Morgan fingerprint density at radius 1 is 1.25 bits per heavy atom. The summed E-state index contributed by atoms with van der Waals surface area (Å²) < 4.78 is 17.0. The van der Waals surface area contributed by atoms with E-state index >= 15 is 0 Å². The minimum absolute atomic E-state index is 0.0232. The molecule has 2 aliphatic rings. The highest BCUT2D eigenvalue weighted by Crippen LogP contribution is 2.37. The van der Waals surface area contributed by atoms with Crippen molar-refractivity contribution >= 4 is 17.5 Å². The molecular weight excluding hydrogens is 410 g/mol. The number of carbonyl (C=O) groups excluding carboxylic acids is 2. The van der Waals surface area contributed by atoms with Crippen molar-refractivity contribution in [1.29, 1.82) is 0 Å². The number of methoxy groups -OCH3 is 1. The van der Waals surface area contributed by atoms with Gasteiger partial charge in [0.2, 0.25) is 0 Å². The van der Waals surface area contributed by atoms with E-state index in [0.717, 1.165) is 30.7 Å². The molecule has 170 valence electrons. The zero-order chi connectivity index (χ0) is 22.5. The molecule has 0 bridgehead atoms. The Hall–Kier alpha value is -3.26. The SMILES string of the molecule is CCNC(=O)COc1ccc([C@@H]2Nc3ccccc3C(=O)N2C[C@@H]2CCCO2)cc1OC. The summed E-state index contributed by atoms with van der Waals surface area (Å²) in [5.41, 5.74) is 2.30. The first-order valence-electron chi connectivity index (χ1n) is 11.0. The summed E-state index contributed by atoms with van der Waals surface area (Å²) in [6.07, 6.45) is 1.59. The van der Waals surface area contributed by atoms with Crippen LogP contribution in [0.4, 0.5) is 5.69 Å². The number of rotatable bonds is 8. The lowest BCUT2D eigenvalue weighted by Crippen LogP contribution is -2.46. The highest BCUT2D eigenvalue weighted by Gasteiger charge is 2.35. The predicted molar refractivity (Wildman–Crippen MR) is 120 cm³/mol. The van der Waals surface area contributed by atoms with Crippen molar-refractivity contribution in [3.63, 3.8) is 0 Å². The number of carbonyl (C=O) groups is 2. The molecule has 2 amide bonds. The van der Waals surface area contributed by atoms with Crippen LogP contribution in [0.25, 0.3) is 0 Å². The molecule has 0 unspecified atom stereocenters. The number of hydrogen-bond donors (Lipinski definition) is 2. The molecule has 32 heavy (non-hydrogen) atoms. The Morgan fingerprint density at radius 3 is 2.84 bits per heavy atom. The van der Waals surface area contributed by atoms with Crippen LogP contribution < -0.4 is 20.1 Å². The number of likely N-dealkylation sites (N-methyl/N-ethyl adjacent to an activating group) is 1. The van der Waals surface area contributed by atoms with Gasteiger partial charge in [0, 0.05) is 25.4 Å². The molecule has 0 radical (unpaired) electrons. The summed E-state index contributed by atoms with van der Waals surface area (Å²) >= 11 is 0. The largest absolute Gasteiger partial charge is 0.493 e. The maximum atomic E-state index is 13.4. The number of benzene rings is 2. The molecule has 8 nitrogen and oxygen atoms in total. The van der Waals surface area contributed by atoms with Gasteiger partial charge < -0.3 is 29.7 Å². The van der Waals surface area contributed by atoms with E-state index in [9.17, 15) is 9.59 Å². The monoisotopic (exact) mass is 439 g/mol. The maximum absolute atomic E-state index is 13.4. The fraction of sp³-hybridized carbons (Fsp3) is 0.417. The van der Waals surface area contributed by atoms with Gasteiger partial charge in [-0.1, -0.05) is 18.2 Å². The number of fused-ring (bicyclic) bond motifs is 1. The first kappa shape index (κ1) is 22.0. The molecule has 0 aliphatic carbocycles. The van der Waals surface area contributed by atoms with Crippen LogP contribution >= 0.6 is 0 Å². The summed E-state index contributed by atoms with van der Waals surface area (Å²) in [6, 6.07) is 13.0. The van der Waals surface area contributed by atoms with E-state index in [4.69, 9.17) is 14.2 Å². The van der Waals surface area contributed by atoms with E-state index in [1.165, 1.54) is 0 Å². The second-order valence-electron chi connectivity index (χ2n) is 7.84. The molecule has 4 rings (SSSR count). The second kappa shape index (κ2) is 9.91. The van der Waals surface area contributed by atoms with E-state index in [1.54, 1.807) is 13.2 Å². The molecule has 1 fully saturated rings. The third-order valence-electron chi connectivity index (χ3n) is 5.68. The van der Waals surface area contributed by atoms with Gasteiger partial charge in [-0.15, -0.1) is 0 Å². The van der Waals surface area contributed by atoms with Gasteiger partial charge >= 0.3 is 0 Å². The summed E-state index contributed by atoms with van der Waals surface area (Å²) in [6.45, 7) is 3.53. The predicted octanol–water partition coefficient (Wildman–Crippen LogP) is 2.96. The number of amides is 2. The Bertz CT molecular complexity index is 974. The average molecular weight is 440 g/mol. The van der Waals surface area contributed by atoms with Crippen molar-refractivity contribution in [3.8, 4) is 11.5 Å². The molecule has 0 aromatic heterocycles. The third-order valence-corrected chi connectivity index (χ3v) is 5.68. The Labute approximate surface area is 187 Å². The van der Waals surface area contributed by atoms with Crippen molar-refractivity contribution in [1.82, 2.24) is 10.2 Å². The van der Waals surface area contributed by atoms with Crippen LogP contribution in [-0.2, 0) is 9.53 Å². The van der Waals surface area contributed by atoms with E-state index < -0.39 is 0 Å². The number of nitrogens with one attached hydrogen (secondary N) is 2. The second-order valence-corrected chi connectivity index (χ2v) is 7.84. The van der Waals surface area contributed by atoms with Crippen LogP contribution in [0.3, 0.4) is 0 Å². The van der Waals surface area contributed by atoms with Gasteiger partial charge in [0.25, 0.3) is 11.8 Å². The molecular formula is C24H29N3O5. The van der Waals surface area contributed by atoms with Gasteiger partial charge in [-0.05, 0) is 49.6 Å². The molecule has 8 heteroatoms. The zero-order valence-electron chi connectivity index (χ0n) is 18.4. The van der Waals surface area contributed by atoms with Gasteiger partial charge in [-0.2, -0.15) is 0 Å². The first-order valence-corrected chi connectivity index (χ1v) is 11.0. The lowest BCUT2D eigenvalue weighted by Gasteiger charge is -2.39. The molecule has 0 spiro atoms. The van der Waals surface area contributed by atoms with Crippen LogP contribution in [0.2, 0.25) is 0 Å². The highest BCUT2D eigenvalue weighted by molar-refractivity contribution is 6.01. The van der Waals surface area contributed by atoms with E-state index in [-0.39, 0.29) is 30.7 Å². The molecule has 0 saturated carbocycles. The van der Waals surface area contributed by atoms with Gasteiger partial charge in [0.15, 0.2) is 18.1 Å². The fourth-order valence-electron chi connectivity index (χ4n) is 4.12. The van der Waals surface area contributed by atoms with Crippen LogP contribution in [0.1, 0.15) is 41.9 Å². The first-order chi connectivity index (χ1) is 15.6. The Morgan fingerprint density at radius 2 is 2.09 bits per heavy atom. The standard InChI is InChI=1S/C24H29N3O5/c1-3-25-22(28)15-32-20-11-10-16(13-21(20)30-2)23-26-19-9-5-4-8-18(19)24(29)27(23)14-17-7-6-12-31-17/h4-5,8-11,13,17,23,26H,3,6-7,12,14-15H2,1-2H3,(H,25,28)/t17-,23+/m0/s1. The lowest BCUT2D eigenvalue weighted by molar-refractivity contribution is -0.123. The summed E-state index contributed by atoms with van der Waals surface area (Å²) in [5, 5.41) is 6.19. The van der Waals surface area contributed by atoms with E-state index in [1.807, 2.05) is 48.2 Å². The number of ether oxygens (including phenoxy) is 3. The number of hydrogen-bond acceptors (Lipinski definition) is 6. The summed E-state index contributed by atoms with van der Waals surface area (Å²) in [5.74, 6) is 0.737.